The van der Waals surface area contributed by atoms with Gasteiger partial charge >= 0.3 is 0 Å². The number of rotatable bonds is 10. The van der Waals surface area contributed by atoms with Gasteiger partial charge in [-0.3, -0.25) is 14.5 Å². The first-order valence-corrected chi connectivity index (χ1v) is 10.4. The van der Waals surface area contributed by atoms with Crippen molar-refractivity contribution in [3.63, 3.8) is 0 Å². The summed E-state index contributed by atoms with van der Waals surface area (Å²) in [7, 11) is 4.54. The van der Waals surface area contributed by atoms with Crippen molar-refractivity contribution in [1.29, 1.82) is 0 Å². The maximum Gasteiger partial charge on any atom is 0.278 e. The maximum atomic E-state index is 13.1. The Morgan fingerprint density at radius 2 is 1.50 bits per heavy atom. The van der Waals surface area contributed by atoms with Crippen molar-refractivity contribution >= 4 is 23.1 Å². The number of ether oxygens (including phenoxy) is 4. The Morgan fingerprint density at radius 3 is 2.00 bits per heavy atom. The van der Waals surface area contributed by atoms with Crippen LogP contribution in [0.25, 0.3) is 5.57 Å². The lowest BCUT2D eigenvalue weighted by atomic mass is 10.0. The molecule has 2 amide bonds. The summed E-state index contributed by atoms with van der Waals surface area (Å²) in [4.78, 5) is 27.3. The molecule has 2 aromatic carbocycles. The van der Waals surface area contributed by atoms with Crippen LogP contribution >= 0.6 is 0 Å². The van der Waals surface area contributed by atoms with E-state index in [0.29, 0.717) is 46.4 Å². The highest BCUT2D eigenvalue weighted by Gasteiger charge is 2.38. The van der Waals surface area contributed by atoms with E-state index in [2.05, 4.69) is 5.32 Å². The second-order valence-corrected chi connectivity index (χ2v) is 7.02. The fourth-order valence-electron chi connectivity index (χ4n) is 3.48. The van der Waals surface area contributed by atoms with Crippen molar-refractivity contribution in [1.82, 2.24) is 4.90 Å². The number of benzene rings is 2. The van der Waals surface area contributed by atoms with Crippen molar-refractivity contribution in [2.45, 2.75) is 20.3 Å². The molecule has 0 bridgehead atoms. The zero-order chi connectivity index (χ0) is 23.3. The first-order chi connectivity index (χ1) is 15.5. The van der Waals surface area contributed by atoms with Crippen LogP contribution < -0.4 is 24.3 Å². The van der Waals surface area contributed by atoms with Gasteiger partial charge in [-0.2, -0.15) is 0 Å². The third kappa shape index (κ3) is 4.34. The summed E-state index contributed by atoms with van der Waals surface area (Å²) in [6.45, 7) is 4.66. The zero-order valence-corrected chi connectivity index (χ0v) is 19.0. The van der Waals surface area contributed by atoms with Gasteiger partial charge in [-0.25, -0.2) is 0 Å². The summed E-state index contributed by atoms with van der Waals surface area (Å²) in [6, 6.07) is 10.5. The molecular weight excluding hydrogens is 412 g/mol. The maximum absolute atomic E-state index is 13.1. The Hall–Kier alpha value is -3.68. The Bertz CT molecular complexity index is 1000. The van der Waals surface area contributed by atoms with Gasteiger partial charge in [0, 0.05) is 24.4 Å². The Balaban J connectivity index is 2.05. The highest BCUT2D eigenvalue weighted by molar-refractivity contribution is 6.36. The van der Waals surface area contributed by atoms with E-state index >= 15 is 0 Å². The molecule has 8 heteroatoms. The molecule has 0 radical (unpaired) electrons. The van der Waals surface area contributed by atoms with E-state index < -0.39 is 5.91 Å². The number of nitrogens with one attached hydrogen (secondary N) is 1. The summed E-state index contributed by atoms with van der Waals surface area (Å²) in [5.41, 5.74) is 1.63. The number of nitrogens with zero attached hydrogens (tertiary/aromatic N) is 1. The third-order valence-electron chi connectivity index (χ3n) is 5.03. The van der Waals surface area contributed by atoms with Crippen molar-refractivity contribution in [3.8, 4) is 23.0 Å². The predicted octanol–water partition coefficient (Wildman–Crippen LogP) is 3.71. The lowest BCUT2D eigenvalue weighted by molar-refractivity contribution is -0.136. The molecule has 0 aromatic heterocycles. The summed E-state index contributed by atoms with van der Waals surface area (Å²) < 4.78 is 21.8. The number of methoxy groups -OCH3 is 3. The van der Waals surface area contributed by atoms with E-state index in [1.807, 2.05) is 6.92 Å². The van der Waals surface area contributed by atoms with E-state index in [0.717, 1.165) is 6.42 Å². The van der Waals surface area contributed by atoms with E-state index in [9.17, 15) is 9.59 Å². The molecule has 1 N–H and O–H groups in total. The minimum Gasteiger partial charge on any atom is -0.494 e. The molecule has 0 unspecified atom stereocenters. The van der Waals surface area contributed by atoms with Crippen LogP contribution in [0.1, 0.15) is 25.8 Å². The van der Waals surface area contributed by atoms with E-state index in [1.54, 1.807) is 43.3 Å². The second kappa shape index (κ2) is 10.1. The normalized spacial score (nSPS) is 13.5. The van der Waals surface area contributed by atoms with Gasteiger partial charge in [-0.15, -0.1) is 0 Å². The van der Waals surface area contributed by atoms with Crippen LogP contribution in [-0.4, -0.2) is 51.2 Å². The van der Waals surface area contributed by atoms with Crippen molar-refractivity contribution < 1.29 is 28.5 Å². The van der Waals surface area contributed by atoms with Gasteiger partial charge in [0.1, 0.15) is 11.4 Å². The molecule has 0 saturated carbocycles. The Labute approximate surface area is 187 Å². The molecule has 0 fully saturated rings. The second-order valence-electron chi connectivity index (χ2n) is 7.02. The van der Waals surface area contributed by atoms with Gasteiger partial charge in [-0.1, -0.05) is 19.1 Å². The smallest absolute Gasteiger partial charge is 0.278 e. The first-order valence-electron chi connectivity index (χ1n) is 10.4. The van der Waals surface area contributed by atoms with E-state index in [1.165, 1.54) is 26.2 Å². The van der Waals surface area contributed by atoms with Gasteiger partial charge in [0.25, 0.3) is 11.8 Å². The number of imide groups is 1. The van der Waals surface area contributed by atoms with Gasteiger partial charge in [0.2, 0.25) is 5.75 Å². The minimum absolute atomic E-state index is 0.188. The van der Waals surface area contributed by atoms with Crippen LogP contribution in [0, 0.1) is 0 Å². The number of likely N-dealkylation sites (N-methyl/N-ethyl adjacent to an activating group) is 1. The molecule has 32 heavy (non-hydrogen) atoms. The summed E-state index contributed by atoms with van der Waals surface area (Å²) >= 11 is 0. The van der Waals surface area contributed by atoms with Crippen LogP contribution in [0.4, 0.5) is 5.69 Å². The molecule has 0 atom stereocenters. The van der Waals surface area contributed by atoms with Gasteiger partial charge in [0.05, 0.1) is 33.5 Å². The van der Waals surface area contributed by atoms with Crippen LogP contribution in [0.15, 0.2) is 42.1 Å². The lowest BCUT2D eigenvalue weighted by Crippen LogP contribution is -2.32. The SMILES string of the molecule is CCCOc1ccc(C2=C(Nc3cc(OC)c(OC)c(OC)c3)C(=O)N(CC)C2=O)cc1. The topological polar surface area (TPSA) is 86.3 Å². The molecule has 2 aromatic rings. The van der Waals surface area contributed by atoms with Crippen molar-refractivity contribution in [3.05, 3.63) is 47.7 Å². The number of carbonyl (C=O) groups is 2. The van der Waals surface area contributed by atoms with E-state index in [4.69, 9.17) is 18.9 Å². The molecule has 170 valence electrons. The molecular formula is C24H28N2O6. The third-order valence-corrected chi connectivity index (χ3v) is 5.03. The first kappa shape index (κ1) is 23.0. The fraction of sp³-hybridized carbons (Fsp3) is 0.333. The van der Waals surface area contributed by atoms with Gasteiger partial charge in [0.15, 0.2) is 11.5 Å². The monoisotopic (exact) mass is 440 g/mol. The molecule has 3 rings (SSSR count). The number of hydrogen-bond donors (Lipinski definition) is 1. The van der Waals surface area contributed by atoms with Gasteiger partial charge in [-0.05, 0) is 31.0 Å². The van der Waals surface area contributed by atoms with Crippen LogP contribution in [0.2, 0.25) is 0 Å². The highest BCUT2D eigenvalue weighted by atomic mass is 16.5. The fourth-order valence-corrected chi connectivity index (χ4v) is 3.48. The molecule has 1 aliphatic heterocycles. The van der Waals surface area contributed by atoms with Crippen LogP contribution in [0.5, 0.6) is 23.0 Å². The summed E-state index contributed by atoms with van der Waals surface area (Å²) in [5.74, 6) is 1.25. The van der Waals surface area contributed by atoms with Crippen molar-refractivity contribution in [2.24, 2.45) is 0 Å². The number of anilines is 1. The summed E-state index contributed by atoms with van der Waals surface area (Å²) in [6.07, 6.45) is 0.897. The molecule has 0 aliphatic carbocycles. The zero-order valence-electron chi connectivity index (χ0n) is 19.0. The minimum atomic E-state index is -0.396. The predicted molar refractivity (Wildman–Crippen MR) is 121 cm³/mol. The number of amides is 2. The highest BCUT2D eigenvalue weighted by Crippen LogP contribution is 2.41. The molecule has 0 saturated heterocycles. The average Bonchev–Trinajstić information content (AvgIpc) is 3.05. The lowest BCUT2D eigenvalue weighted by Gasteiger charge is -2.16. The number of hydrogen-bond acceptors (Lipinski definition) is 7. The van der Waals surface area contributed by atoms with E-state index in [-0.39, 0.29) is 18.1 Å². The standard InChI is InChI=1S/C24H28N2O6/c1-6-12-32-17-10-8-15(9-11-17)20-21(24(28)26(7-2)23(20)27)25-16-13-18(29-3)22(31-5)19(14-16)30-4/h8-11,13-14,25H,6-7,12H2,1-5H3. The van der Waals surface area contributed by atoms with Gasteiger partial charge < -0.3 is 24.3 Å². The number of carbonyl (C=O) groups excluding carboxylic acids is 2. The van der Waals surface area contributed by atoms with Crippen molar-refractivity contribution in [2.75, 3.05) is 39.8 Å². The molecule has 8 nitrogen and oxygen atoms in total. The summed E-state index contributed by atoms with van der Waals surface area (Å²) in [5, 5.41) is 3.10. The largest absolute Gasteiger partial charge is 0.494 e. The quantitative estimate of drug-likeness (QED) is 0.564. The molecule has 1 aliphatic rings. The average molecular weight is 440 g/mol. The Kier molecular flexibility index (Phi) is 7.25. The van der Waals surface area contributed by atoms with Crippen LogP contribution in [0.3, 0.4) is 0 Å². The van der Waals surface area contributed by atoms with Crippen LogP contribution in [-0.2, 0) is 9.59 Å². The molecule has 1 heterocycles. The Morgan fingerprint density at radius 1 is 0.875 bits per heavy atom. The molecule has 0 spiro atoms.